The first kappa shape index (κ1) is 15.0. The summed E-state index contributed by atoms with van der Waals surface area (Å²) < 4.78 is 0.899. The molecular weight excluding hydrogens is 340 g/mol. The lowest BCUT2D eigenvalue weighted by molar-refractivity contribution is -0.384. The van der Waals surface area contributed by atoms with Crippen molar-refractivity contribution in [1.29, 1.82) is 0 Å². The van der Waals surface area contributed by atoms with Crippen molar-refractivity contribution in [3.05, 3.63) is 68.2 Å². The van der Waals surface area contributed by atoms with Gasteiger partial charge in [-0.25, -0.2) is 4.79 Å². The van der Waals surface area contributed by atoms with E-state index >= 15 is 0 Å². The van der Waals surface area contributed by atoms with Gasteiger partial charge in [-0.2, -0.15) is 0 Å². The van der Waals surface area contributed by atoms with E-state index in [1.807, 2.05) is 24.3 Å². The minimum atomic E-state index is -1.21. The van der Waals surface area contributed by atoms with Crippen molar-refractivity contribution >= 4 is 33.3 Å². The largest absolute Gasteiger partial charge is 0.478 e. The summed E-state index contributed by atoms with van der Waals surface area (Å²) in [6.07, 6.45) is 0. The molecule has 0 amide bonds. The Kier molecular flexibility index (Phi) is 4.54. The van der Waals surface area contributed by atoms with E-state index in [0.717, 1.165) is 16.1 Å². The molecule has 0 aliphatic heterocycles. The number of halogens is 1. The van der Waals surface area contributed by atoms with Gasteiger partial charge in [0.05, 0.1) is 10.5 Å². The highest BCUT2D eigenvalue weighted by atomic mass is 79.9. The minimum Gasteiger partial charge on any atom is -0.478 e. The lowest BCUT2D eigenvalue weighted by Gasteiger charge is -2.10. The van der Waals surface area contributed by atoms with Crippen molar-refractivity contribution in [2.45, 2.75) is 6.54 Å². The summed E-state index contributed by atoms with van der Waals surface area (Å²) in [5.74, 6) is -1.21. The molecule has 6 nitrogen and oxygen atoms in total. The molecule has 7 heteroatoms. The molecule has 0 bridgehead atoms. The van der Waals surface area contributed by atoms with E-state index in [4.69, 9.17) is 5.11 Å². The molecule has 108 valence electrons. The molecule has 2 rings (SSSR count). The van der Waals surface area contributed by atoms with Gasteiger partial charge in [0.1, 0.15) is 0 Å². The number of carboxylic acids is 1. The van der Waals surface area contributed by atoms with Crippen LogP contribution in [0, 0.1) is 10.1 Å². The molecule has 0 aromatic heterocycles. The van der Waals surface area contributed by atoms with Crippen molar-refractivity contribution < 1.29 is 14.8 Å². The number of nitro benzene ring substituents is 1. The van der Waals surface area contributed by atoms with Crippen LogP contribution in [-0.4, -0.2) is 16.0 Å². The summed E-state index contributed by atoms with van der Waals surface area (Å²) >= 11 is 3.40. The number of benzene rings is 2. The van der Waals surface area contributed by atoms with E-state index in [1.165, 1.54) is 12.1 Å². The predicted octanol–water partition coefficient (Wildman–Crippen LogP) is 3.67. The van der Waals surface area contributed by atoms with Gasteiger partial charge in [-0.3, -0.25) is 10.1 Å². The monoisotopic (exact) mass is 350 g/mol. The second-order valence-electron chi connectivity index (χ2n) is 4.24. The van der Waals surface area contributed by atoms with E-state index in [2.05, 4.69) is 21.2 Å². The Hall–Kier alpha value is -2.41. The van der Waals surface area contributed by atoms with Gasteiger partial charge in [0, 0.05) is 28.8 Å². The van der Waals surface area contributed by atoms with E-state index < -0.39 is 10.9 Å². The molecule has 0 unspecified atom stereocenters. The van der Waals surface area contributed by atoms with Crippen molar-refractivity contribution in [1.82, 2.24) is 0 Å². The quantitative estimate of drug-likeness (QED) is 0.633. The van der Waals surface area contributed by atoms with Crippen LogP contribution < -0.4 is 5.32 Å². The van der Waals surface area contributed by atoms with E-state index in [9.17, 15) is 14.9 Å². The number of nitrogens with zero attached hydrogens (tertiary/aromatic N) is 1. The molecule has 21 heavy (non-hydrogen) atoms. The molecule has 0 aliphatic rings. The fourth-order valence-corrected chi connectivity index (χ4v) is 2.23. The number of nitrogens with one attached hydrogen (secondary N) is 1. The van der Waals surface area contributed by atoms with Crippen molar-refractivity contribution in [2.24, 2.45) is 0 Å². The molecule has 2 N–H and O–H groups in total. The molecule has 0 fully saturated rings. The van der Waals surface area contributed by atoms with Gasteiger partial charge in [-0.1, -0.05) is 34.1 Å². The molecule has 0 saturated heterocycles. The van der Waals surface area contributed by atoms with Crippen molar-refractivity contribution in [3.63, 3.8) is 0 Å². The number of hydrogen-bond donors (Lipinski definition) is 2. The number of anilines is 1. The fraction of sp³-hybridized carbons (Fsp3) is 0.0714. The van der Waals surface area contributed by atoms with Crippen LogP contribution in [0.3, 0.4) is 0 Å². The Morgan fingerprint density at radius 2 is 2.00 bits per heavy atom. The SMILES string of the molecule is O=C(O)c1cc([N+](=O)[O-])ccc1NCc1ccccc1Br. The molecule has 2 aromatic carbocycles. The Labute approximate surface area is 128 Å². The lowest BCUT2D eigenvalue weighted by Crippen LogP contribution is -2.07. The number of nitro groups is 1. The fourth-order valence-electron chi connectivity index (χ4n) is 1.81. The van der Waals surface area contributed by atoms with Crippen LogP contribution in [-0.2, 0) is 6.54 Å². The number of carbonyl (C=O) groups is 1. The Morgan fingerprint density at radius 3 is 2.62 bits per heavy atom. The van der Waals surface area contributed by atoms with E-state index in [1.54, 1.807) is 0 Å². The molecule has 2 aromatic rings. The van der Waals surface area contributed by atoms with Gasteiger partial charge >= 0.3 is 5.97 Å². The third kappa shape index (κ3) is 3.57. The number of carboxylic acid groups (broad SMARTS) is 1. The summed E-state index contributed by atoms with van der Waals surface area (Å²) in [5, 5.41) is 22.8. The van der Waals surface area contributed by atoms with Gasteiger partial charge in [-0.05, 0) is 17.7 Å². The maximum Gasteiger partial charge on any atom is 0.338 e. The van der Waals surface area contributed by atoms with Crippen LogP contribution in [0.4, 0.5) is 11.4 Å². The smallest absolute Gasteiger partial charge is 0.338 e. The number of aromatic carboxylic acids is 1. The molecular formula is C14H11BrN2O4. The first-order chi connectivity index (χ1) is 9.99. The highest BCUT2D eigenvalue weighted by Crippen LogP contribution is 2.24. The van der Waals surface area contributed by atoms with Crippen LogP contribution in [0.1, 0.15) is 15.9 Å². The zero-order valence-corrected chi connectivity index (χ0v) is 12.3. The van der Waals surface area contributed by atoms with E-state index in [0.29, 0.717) is 12.2 Å². The topological polar surface area (TPSA) is 92.5 Å². The van der Waals surface area contributed by atoms with Crippen LogP contribution in [0.5, 0.6) is 0 Å². The highest BCUT2D eigenvalue weighted by molar-refractivity contribution is 9.10. The zero-order valence-electron chi connectivity index (χ0n) is 10.7. The molecule has 0 spiro atoms. The first-order valence-corrected chi connectivity index (χ1v) is 6.77. The van der Waals surface area contributed by atoms with Crippen molar-refractivity contribution in [3.8, 4) is 0 Å². The normalized spacial score (nSPS) is 10.1. The summed E-state index contributed by atoms with van der Waals surface area (Å²) in [6, 6.07) is 11.2. The number of rotatable bonds is 5. The average molecular weight is 351 g/mol. The minimum absolute atomic E-state index is 0.128. The predicted molar refractivity (Wildman–Crippen MR) is 81.5 cm³/mol. The first-order valence-electron chi connectivity index (χ1n) is 5.98. The van der Waals surface area contributed by atoms with Gasteiger partial charge in [0.2, 0.25) is 0 Å². The molecule has 0 aliphatic carbocycles. The lowest BCUT2D eigenvalue weighted by atomic mass is 10.1. The average Bonchev–Trinajstić information content (AvgIpc) is 2.46. The van der Waals surface area contributed by atoms with Crippen LogP contribution in [0.2, 0.25) is 0 Å². The summed E-state index contributed by atoms with van der Waals surface area (Å²) in [4.78, 5) is 21.3. The third-order valence-electron chi connectivity index (χ3n) is 2.87. The molecule has 0 heterocycles. The Morgan fingerprint density at radius 1 is 1.29 bits per heavy atom. The zero-order chi connectivity index (χ0) is 15.4. The van der Waals surface area contributed by atoms with Crippen molar-refractivity contribution in [2.75, 3.05) is 5.32 Å². The number of non-ortho nitro benzene ring substituents is 1. The number of hydrogen-bond acceptors (Lipinski definition) is 4. The Bertz CT molecular complexity index is 703. The molecule has 0 radical (unpaired) electrons. The molecule has 0 saturated carbocycles. The molecule has 0 atom stereocenters. The van der Waals surface area contributed by atoms with E-state index in [-0.39, 0.29) is 11.3 Å². The van der Waals surface area contributed by atoms with Crippen LogP contribution in [0.25, 0.3) is 0 Å². The van der Waals surface area contributed by atoms with Gasteiger partial charge < -0.3 is 10.4 Å². The van der Waals surface area contributed by atoms with Gasteiger partial charge in [0.25, 0.3) is 5.69 Å². The van der Waals surface area contributed by atoms with Crippen LogP contribution in [0.15, 0.2) is 46.9 Å². The second-order valence-corrected chi connectivity index (χ2v) is 5.09. The summed E-state index contributed by atoms with van der Waals surface area (Å²) in [5.41, 5.74) is 0.908. The second kappa shape index (κ2) is 6.36. The maximum atomic E-state index is 11.2. The van der Waals surface area contributed by atoms with Gasteiger partial charge in [-0.15, -0.1) is 0 Å². The maximum absolute atomic E-state index is 11.2. The summed E-state index contributed by atoms with van der Waals surface area (Å²) in [7, 11) is 0. The van der Waals surface area contributed by atoms with Gasteiger partial charge in [0.15, 0.2) is 0 Å². The van der Waals surface area contributed by atoms with Crippen LogP contribution >= 0.6 is 15.9 Å². The third-order valence-corrected chi connectivity index (χ3v) is 3.65. The standard InChI is InChI=1S/C14H11BrN2O4/c15-12-4-2-1-3-9(12)8-16-13-6-5-10(17(20)21)7-11(13)14(18)19/h1-7,16H,8H2,(H,18,19). The highest BCUT2D eigenvalue weighted by Gasteiger charge is 2.16. The summed E-state index contributed by atoms with van der Waals surface area (Å²) in [6.45, 7) is 0.402. The Balaban J connectivity index is 2.26.